The maximum absolute atomic E-state index is 5.39. The number of aryl methyl sites for hydroxylation is 2. The van der Waals surface area contributed by atoms with Gasteiger partial charge in [-0.25, -0.2) is 0 Å². The highest BCUT2D eigenvalue weighted by atomic mass is 32.2. The lowest BCUT2D eigenvalue weighted by Gasteiger charge is -2.04. The summed E-state index contributed by atoms with van der Waals surface area (Å²) >= 11 is 1.74. The monoisotopic (exact) mass is 273 g/mol. The lowest BCUT2D eigenvalue weighted by atomic mass is 10.1. The SMILES string of the molecule is CSc1ccnc(CCc2ccc3c(c2)OCO3)c1. The van der Waals surface area contributed by atoms with Crippen LogP contribution < -0.4 is 9.47 Å². The Morgan fingerprint density at radius 2 is 2.00 bits per heavy atom. The van der Waals surface area contributed by atoms with Crippen molar-refractivity contribution in [3.63, 3.8) is 0 Å². The number of hydrogen-bond acceptors (Lipinski definition) is 4. The molecule has 0 radical (unpaired) electrons. The Kier molecular flexibility index (Phi) is 3.60. The molecule has 4 heteroatoms. The Bertz CT molecular complexity index is 586. The van der Waals surface area contributed by atoms with Crippen molar-refractivity contribution in [3.05, 3.63) is 47.8 Å². The average molecular weight is 273 g/mol. The Labute approximate surface area is 117 Å². The summed E-state index contributed by atoms with van der Waals surface area (Å²) < 4.78 is 10.7. The van der Waals surface area contributed by atoms with Gasteiger partial charge < -0.3 is 9.47 Å². The van der Waals surface area contributed by atoms with Gasteiger partial charge in [0.2, 0.25) is 6.79 Å². The van der Waals surface area contributed by atoms with Crippen LogP contribution in [0.3, 0.4) is 0 Å². The highest BCUT2D eigenvalue weighted by Gasteiger charge is 2.13. The van der Waals surface area contributed by atoms with E-state index in [0.717, 1.165) is 30.0 Å². The van der Waals surface area contributed by atoms with Gasteiger partial charge in [0.25, 0.3) is 0 Å². The van der Waals surface area contributed by atoms with Crippen LogP contribution in [-0.4, -0.2) is 18.0 Å². The van der Waals surface area contributed by atoms with Crippen LogP contribution in [0.25, 0.3) is 0 Å². The fourth-order valence-electron chi connectivity index (χ4n) is 2.09. The maximum Gasteiger partial charge on any atom is 0.231 e. The van der Waals surface area contributed by atoms with Crippen molar-refractivity contribution in [1.82, 2.24) is 4.98 Å². The maximum atomic E-state index is 5.39. The van der Waals surface area contributed by atoms with Crippen molar-refractivity contribution in [3.8, 4) is 11.5 Å². The molecule has 2 aromatic rings. The quantitative estimate of drug-likeness (QED) is 0.800. The highest BCUT2D eigenvalue weighted by Crippen LogP contribution is 2.32. The van der Waals surface area contributed by atoms with Gasteiger partial charge in [0.1, 0.15) is 0 Å². The molecule has 0 fully saturated rings. The van der Waals surface area contributed by atoms with Gasteiger partial charge in [0, 0.05) is 16.8 Å². The summed E-state index contributed by atoms with van der Waals surface area (Å²) in [5.41, 5.74) is 2.38. The number of rotatable bonds is 4. The van der Waals surface area contributed by atoms with E-state index in [0.29, 0.717) is 6.79 Å². The highest BCUT2D eigenvalue weighted by molar-refractivity contribution is 7.98. The smallest absolute Gasteiger partial charge is 0.231 e. The van der Waals surface area contributed by atoms with E-state index >= 15 is 0 Å². The molecule has 0 unspecified atom stereocenters. The third-order valence-corrected chi connectivity index (χ3v) is 3.86. The number of pyridine rings is 1. The van der Waals surface area contributed by atoms with E-state index in [1.165, 1.54) is 10.5 Å². The first-order valence-corrected chi connectivity index (χ1v) is 7.45. The molecule has 1 aromatic heterocycles. The minimum Gasteiger partial charge on any atom is -0.454 e. The number of benzene rings is 1. The van der Waals surface area contributed by atoms with Crippen LogP contribution in [0.4, 0.5) is 0 Å². The molecular weight excluding hydrogens is 258 g/mol. The summed E-state index contributed by atoms with van der Waals surface area (Å²) in [6.45, 7) is 0.329. The number of hydrogen-bond donors (Lipinski definition) is 0. The second-order valence-corrected chi connectivity index (χ2v) is 5.25. The zero-order valence-electron chi connectivity index (χ0n) is 10.8. The summed E-state index contributed by atoms with van der Waals surface area (Å²) in [4.78, 5) is 5.67. The van der Waals surface area contributed by atoms with Gasteiger partial charge >= 0.3 is 0 Å². The topological polar surface area (TPSA) is 31.4 Å². The van der Waals surface area contributed by atoms with E-state index in [1.54, 1.807) is 11.8 Å². The fraction of sp³-hybridized carbons (Fsp3) is 0.267. The van der Waals surface area contributed by atoms with Gasteiger partial charge in [-0.05, 0) is 48.9 Å². The largest absolute Gasteiger partial charge is 0.454 e. The summed E-state index contributed by atoms with van der Waals surface area (Å²) in [6.07, 6.45) is 5.85. The van der Waals surface area contributed by atoms with Gasteiger partial charge in [-0.3, -0.25) is 4.98 Å². The fourth-order valence-corrected chi connectivity index (χ4v) is 2.54. The molecule has 3 nitrogen and oxygen atoms in total. The number of ether oxygens (including phenoxy) is 2. The molecule has 0 saturated heterocycles. The molecule has 0 bridgehead atoms. The summed E-state index contributed by atoms with van der Waals surface area (Å²) in [5.74, 6) is 1.69. The lowest BCUT2D eigenvalue weighted by Crippen LogP contribution is -1.95. The third kappa shape index (κ3) is 2.84. The summed E-state index contributed by atoms with van der Waals surface area (Å²) in [5, 5.41) is 0. The van der Waals surface area contributed by atoms with Gasteiger partial charge in [0.15, 0.2) is 11.5 Å². The van der Waals surface area contributed by atoms with Crippen LogP contribution >= 0.6 is 11.8 Å². The summed E-state index contributed by atoms with van der Waals surface area (Å²) in [7, 11) is 0. The van der Waals surface area contributed by atoms with Gasteiger partial charge in [-0.1, -0.05) is 6.07 Å². The van der Waals surface area contributed by atoms with E-state index in [9.17, 15) is 0 Å². The standard InChI is InChI=1S/C15H15NO2S/c1-19-13-6-7-16-12(9-13)4-2-11-3-5-14-15(8-11)18-10-17-14/h3,5-9H,2,4,10H2,1H3. The molecule has 0 N–H and O–H groups in total. The minimum absolute atomic E-state index is 0.329. The molecule has 0 atom stereocenters. The normalized spacial score (nSPS) is 12.7. The molecule has 0 spiro atoms. The molecule has 19 heavy (non-hydrogen) atoms. The molecule has 1 aliphatic heterocycles. The van der Waals surface area contributed by atoms with Crippen molar-refractivity contribution in [2.24, 2.45) is 0 Å². The van der Waals surface area contributed by atoms with Gasteiger partial charge in [0.05, 0.1) is 0 Å². The first kappa shape index (κ1) is 12.4. The van der Waals surface area contributed by atoms with E-state index in [2.05, 4.69) is 29.4 Å². The van der Waals surface area contributed by atoms with Crippen LogP contribution in [0.1, 0.15) is 11.3 Å². The van der Waals surface area contributed by atoms with Crippen LogP contribution in [0.2, 0.25) is 0 Å². The first-order valence-electron chi connectivity index (χ1n) is 6.22. The number of aromatic nitrogens is 1. The molecule has 1 aliphatic rings. The minimum atomic E-state index is 0.329. The third-order valence-electron chi connectivity index (χ3n) is 3.13. The van der Waals surface area contributed by atoms with Crippen molar-refractivity contribution in [2.75, 3.05) is 13.0 Å². The summed E-state index contributed by atoms with van der Waals surface area (Å²) in [6, 6.07) is 10.3. The van der Waals surface area contributed by atoms with Gasteiger partial charge in [-0.15, -0.1) is 11.8 Å². The molecular formula is C15H15NO2S. The molecule has 0 amide bonds. The first-order chi connectivity index (χ1) is 9.35. The Hall–Kier alpha value is -1.68. The average Bonchev–Trinajstić information content (AvgIpc) is 2.93. The Morgan fingerprint density at radius 1 is 1.11 bits per heavy atom. The van der Waals surface area contributed by atoms with Crippen molar-refractivity contribution in [2.45, 2.75) is 17.7 Å². The van der Waals surface area contributed by atoms with Crippen molar-refractivity contribution >= 4 is 11.8 Å². The van der Waals surface area contributed by atoms with Crippen molar-refractivity contribution in [1.29, 1.82) is 0 Å². The van der Waals surface area contributed by atoms with Crippen LogP contribution in [0.5, 0.6) is 11.5 Å². The Morgan fingerprint density at radius 3 is 2.89 bits per heavy atom. The zero-order valence-corrected chi connectivity index (χ0v) is 11.6. The van der Waals surface area contributed by atoms with Gasteiger partial charge in [-0.2, -0.15) is 0 Å². The molecule has 0 aliphatic carbocycles. The van der Waals surface area contributed by atoms with E-state index in [4.69, 9.17) is 9.47 Å². The molecule has 3 rings (SSSR count). The van der Waals surface area contributed by atoms with Crippen LogP contribution in [0, 0.1) is 0 Å². The van der Waals surface area contributed by atoms with Crippen LogP contribution in [0.15, 0.2) is 41.4 Å². The van der Waals surface area contributed by atoms with E-state index in [1.807, 2.05) is 18.3 Å². The second kappa shape index (κ2) is 5.53. The predicted molar refractivity (Wildman–Crippen MR) is 76.0 cm³/mol. The number of nitrogens with zero attached hydrogens (tertiary/aromatic N) is 1. The van der Waals surface area contributed by atoms with E-state index < -0.39 is 0 Å². The lowest BCUT2D eigenvalue weighted by molar-refractivity contribution is 0.174. The zero-order chi connectivity index (χ0) is 13.1. The molecule has 1 aromatic carbocycles. The Balaban J connectivity index is 1.68. The molecule has 98 valence electrons. The molecule has 0 saturated carbocycles. The van der Waals surface area contributed by atoms with E-state index in [-0.39, 0.29) is 0 Å². The van der Waals surface area contributed by atoms with Crippen molar-refractivity contribution < 1.29 is 9.47 Å². The second-order valence-electron chi connectivity index (χ2n) is 4.37. The number of thioether (sulfide) groups is 1. The predicted octanol–water partition coefficient (Wildman–Crippen LogP) is 3.32. The number of fused-ring (bicyclic) bond motifs is 1. The molecule has 2 heterocycles. The van der Waals surface area contributed by atoms with Crippen LogP contribution in [-0.2, 0) is 12.8 Å².